The summed E-state index contributed by atoms with van der Waals surface area (Å²) in [6.45, 7) is 0.374. The Hall–Kier alpha value is 9.55. The van der Waals surface area contributed by atoms with Crippen molar-refractivity contribution in [2.45, 2.75) is 0 Å². The second-order valence-electron chi connectivity index (χ2n) is 8.13. The lowest BCUT2D eigenvalue weighted by atomic mass is 10.3. The van der Waals surface area contributed by atoms with Gasteiger partial charge in [0, 0.05) is 16.0 Å². The van der Waals surface area contributed by atoms with Crippen molar-refractivity contribution in [3.63, 3.8) is 0 Å². The summed E-state index contributed by atoms with van der Waals surface area (Å²) >= 11 is 15.7. The number of rotatable bonds is 11. The van der Waals surface area contributed by atoms with Crippen LogP contribution in [0.4, 0.5) is 5.13 Å². The summed E-state index contributed by atoms with van der Waals surface area (Å²) in [5.41, 5.74) is 6.49. The van der Waals surface area contributed by atoms with Crippen LogP contribution in [0.2, 0.25) is 4.47 Å². The molecule has 33 heteroatoms. The predicted octanol–water partition coefficient (Wildman–Crippen LogP) is 20.1. The van der Waals surface area contributed by atoms with Crippen molar-refractivity contribution in [2.75, 3.05) is 19.4 Å². The largest absolute Gasteiger partial charge is 0.365 e. The Balaban J connectivity index is 0.000000394. The molecule has 2 aromatic carbocycles. The second kappa shape index (κ2) is 30.6. The average Bonchev–Trinajstić information content (AvgIpc) is 3.59. The number of nitrogens with two attached hydrogens (primary N) is 1. The van der Waals surface area contributed by atoms with Gasteiger partial charge in [0.1, 0.15) is 0 Å². The SMILES string of the molecule is CN.CNc1nc2cc(Br)ccc2s1.Clc1nc2cc(Br)ccc2s1.PP(P)P(P)P(P(P)P)P(P(P(P)P)P(P)P)P(P(P)P)P(P)P. The lowest BCUT2D eigenvalue weighted by Gasteiger charge is -2.48. The van der Waals surface area contributed by atoms with Gasteiger partial charge in [-0.3, -0.25) is 0 Å². The van der Waals surface area contributed by atoms with Crippen molar-refractivity contribution in [3.05, 3.63) is 49.8 Å². The summed E-state index contributed by atoms with van der Waals surface area (Å²) < 4.78 is 5.04. The van der Waals surface area contributed by atoms with Gasteiger partial charge in [0.15, 0.2) is 9.60 Å². The highest BCUT2D eigenvalue weighted by atomic mass is 79.9. The van der Waals surface area contributed by atoms with E-state index in [9.17, 15) is 0 Å². The van der Waals surface area contributed by atoms with E-state index >= 15 is 0 Å². The quantitative estimate of drug-likeness (QED) is 0.147. The molecule has 4 nitrogen and oxygen atoms in total. The van der Waals surface area contributed by atoms with E-state index in [2.05, 4.69) is 175 Å². The molecule has 0 bridgehead atoms. The summed E-state index contributed by atoms with van der Waals surface area (Å²) in [6.07, 6.45) is 0. The molecule has 2 aromatic heterocycles. The topological polar surface area (TPSA) is 63.8 Å². The minimum Gasteiger partial charge on any atom is -0.365 e. The zero-order valence-electron chi connectivity index (χ0n) is 25.8. The molecule has 49 heavy (non-hydrogen) atoms. The van der Waals surface area contributed by atoms with E-state index < -0.39 is 0 Å². The van der Waals surface area contributed by atoms with Crippen molar-refractivity contribution in [2.24, 2.45) is 5.73 Å². The summed E-state index contributed by atoms with van der Waals surface area (Å²) in [5, 5.41) is 3.99. The van der Waals surface area contributed by atoms with Gasteiger partial charge in [0.05, 0.1) is 20.4 Å². The summed E-state index contributed by atoms with van der Waals surface area (Å²) in [6, 6.07) is 12.1. The number of aromatic nitrogens is 2. The highest BCUT2D eigenvalue weighted by molar-refractivity contribution is 9.40. The van der Waals surface area contributed by atoms with Crippen LogP contribution in [0.3, 0.4) is 0 Å². The molecule has 0 aliphatic rings. The Morgan fingerprint density at radius 2 is 0.980 bits per heavy atom. The molecule has 0 amide bonds. The van der Waals surface area contributed by atoms with E-state index in [-0.39, 0.29) is 76.9 Å². The molecule has 0 saturated heterocycles. The minimum absolute atomic E-state index is 0.00181. The van der Waals surface area contributed by atoms with Gasteiger partial charge in [-0.1, -0.05) is 54.8 Å². The van der Waals surface area contributed by atoms with Crippen LogP contribution in [0.1, 0.15) is 0 Å². The molecule has 4 aromatic rings. The van der Waals surface area contributed by atoms with Crippen LogP contribution in [-0.2, 0) is 0 Å². The van der Waals surface area contributed by atoms with Gasteiger partial charge < -0.3 is 11.1 Å². The third kappa shape index (κ3) is 20.3. The van der Waals surface area contributed by atoms with E-state index in [0.717, 1.165) is 29.8 Å². The Morgan fingerprint density at radius 1 is 0.592 bits per heavy atom. The van der Waals surface area contributed by atoms with Crippen molar-refractivity contribution < 1.29 is 0 Å². The molecule has 4 rings (SSSR count). The Bertz CT molecular complexity index is 1500. The number of nitrogens with zero attached hydrogens (tertiary/aromatic N) is 2. The molecular weight excluding hydrogens is 1250 g/mol. The van der Waals surface area contributed by atoms with E-state index in [1.165, 1.54) is 23.1 Å². The van der Waals surface area contributed by atoms with Crippen LogP contribution in [0.15, 0.2) is 45.3 Å². The van der Waals surface area contributed by atoms with Gasteiger partial charge in [-0.2, -0.15) is 0 Å². The van der Waals surface area contributed by atoms with E-state index in [4.69, 9.17) is 11.6 Å². The van der Waals surface area contributed by atoms with E-state index in [1.807, 2.05) is 37.4 Å². The minimum atomic E-state index is -0.0148. The number of anilines is 1. The van der Waals surface area contributed by atoms with Crippen molar-refractivity contribution in [1.29, 1.82) is 0 Å². The number of thiazole rings is 2. The molecule has 0 radical (unpaired) electrons. The Morgan fingerprint density at radius 3 is 1.35 bits per heavy atom. The van der Waals surface area contributed by atoms with Crippen molar-refractivity contribution in [1.82, 2.24) is 9.97 Å². The van der Waals surface area contributed by atoms with Gasteiger partial charge >= 0.3 is 0 Å². The highest BCUT2D eigenvalue weighted by Gasteiger charge is 2.45. The normalized spacial score (nSPS) is 13.1. The number of hydrogen-bond acceptors (Lipinski definition) is 6. The van der Waals surface area contributed by atoms with Gasteiger partial charge in [-0.25, -0.2) is 9.97 Å². The summed E-state index contributed by atoms with van der Waals surface area (Å²) in [5.74, 6) is 0. The van der Waals surface area contributed by atoms with Gasteiger partial charge in [-0.15, -0.1) is 127 Å². The van der Waals surface area contributed by atoms with Crippen LogP contribution in [0.5, 0.6) is 0 Å². The van der Waals surface area contributed by atoms with Crippen LogP contribution >= 0.6 is 259 Å². The molecule has 3 N–H and O–H groups in total. The lowest BCUT2D eigenvalue weighted by molar-refractivity contribution is 1.41. The van der Waals surface area contributed by atoms with Crippen LogP contribution < -0.4 is 11.1 Å². The zero-order valence-corrected chi connectivity index (χ0v) is 56.2. The third-order valence-electron chi connectivity index (χ3n) is 4.82. The first-order chi connectivity index (χ1) is 22.9. The maximum Gasteiger partial charge on any atom is 0.184 e. The Labute approximate surface area is 365 Å². The molecule has 0 fully saturated rings. The number of benzene rings is 2. The van der Waals surface area contributed by atoms with Gasteiger partial charge in [0.25, 0.3) is 0 Å². The zero-order chi connectivity index (χ0) is 37.7. The number of hydrogen-bond donors (Lipinski definition) is 2. The predicted molar refractivity (Wildman–Crippen MR) is 322 cm³/mol. The first kappa shape index (κ1) is 56.6. The Kier molecular flexibility index (Phi) is 35.3. The van der Waals surface area contributed by atoms with Crippen LogP contribution in [-0.4, -0.2) is 24.1 Å². The fourth-order valence-corrected chi connectivity index (χ4v) is 295. The van der Waals surface area contributed by atoms with Crippen molar-refractivity contribution >= 4 is 285 Å². The second-order valence-corrected chi connectivity index (χ2v) is 108. The standard InChI is InChI=1S/C8H7BrN2S.C7H3BrClNS.CH5N.H26P24/c1-10-8-11-6-4-5(9)2-3-7(6)12-8;8-4-1-2-6-5(3-4)10-7(9)11-6;1-2;1-14(2)20(13)23(19(11)12)24(21(15(3)4)16(5)6)22(17(7)8)18(9)10/h2-4H,1H3,(H,10,11);1-3H;2H2,1H3;1-13H2. The smallest absolute Gasteiger partial charge is 0.184 e. The monoisotopic (exact) mass is 1290 g/mol. The average molecular weight is 1290 g/mol. The first-order valence-electron chi connectivity index (χ1n) is 12.4. The summed E-state index contributed by atoms with van der Waals surface area (Å²) in [4.78, 5) is 8.50. The van der Waals surface area contributed by atoms with Crippen LogP contribution in [0.25, 0.3) is 20.4 Å². The molecule has 0 saturated carbocycles. The molecular formula is C16H41Br2ClN4P24S2. The maximum atomic E-state index is 5.73. The molecule has 0 aliphatic heterocycles. The summed E-state index contributed by atoms with van der Waals surface area (Å²) in [7, 11) is 45.2. The lowest BCUT2D eigenvalue weighted by Crippen LogP contribution is -1.83. The number of fused-ring (bicyclic) bond motifs is 2. The molecule has 278 valence electrons. The number of nitrogens with one attached hydrogen (secondary N) is 1. The van der Waals surface area contributed by atoms with Crippen molar-refractivity contribution in [3.8, 4) is 0 Å². The molecule has 0 spiro atoms. The van der Waals surface area contributed by atoms with Gasteiger partial charge in [0.2, 0.25) is 0 Å². The maximum absolute atomic E-state index is 5.73. The molecule has 15 unspecified atom stereocenters. The fourth-order valence-electron chi connectivity index (χ4n) is 3.08. The van der Waals surface area contributed by atoms with Gasteiger partial charge in [-0.05, 0) is 120 Å². The number of halogens is 3. The first-order valence-corrected chi connectivity index (χ1v) is 58.9. The molecule has 0 aliphatic carbocycles. The van der Waals surface area contributed by atoms with Crippen LogP contribution in [0, 0.1) is 0 Å². The van der Waals surface area contributed by atoms with E-state index in [0.29, 0.717) is 4.47 Å². The van der Waals surface area contributed by atoms with E-state index in [1.54, 1.807) is 11.3 Å². The fraction of sp³-hybridized carbons (Fsp3) is 0.125. The highest BCUT2D eigenvalue weighted by Crippen LogP contribution is 3.34. The molecule has 15 atom stereocenters. The molecule has 2 heterocycles. The third-order valence-corrected chi connectivity index (χ3v) is 163.